The third kappa shape index (κ3) is 4.78. The van der Waals surface area contributed by atoms with E-state index in [-0.39, 0.29) is 5.91 Å². The van der Waals surface area contributed by atoms with Gasteiger partial charge in [-0.2, -0.15) is 0 Å². The number of aromatic nitrogens is 1. The van der Waals surface area contributed by atoms with Gasteiger partial charge in [-0.15, -0.1) is 22.7 Å². The van der Waals surface area contributed by atoms with E-state index in [0.717, 1.165) is 62.7 Å². The van der Waals surface area contributed by atoms with Crippen LogP contribution in [0.5, 0.6) is 0 Å². The van der Waals surface area contributed by atoms with Crippen LogP contribution in [-0.4, -0.2) is 71.9 Å². The normalized spacial score (nSPS) is 18.9. The molecule has 7 heteroatoms. The molecule has 0 spiro atoms. The second kappa shape index (κ2) is 9.82. The maximum Gasteiger partial charge on any atom is 0.264 e. The summed E-state index contributed by atoms with van der Waals surface area (Å²) in [6.07, 6.45) is 8.37. The zero-order valence-corrected chi connectivity index (χ0v) is 21.7. The summed E-state index contributed by atoms with van der Waals surface area (Å²) in [5.41, 5.74) is 6.29. The van der Waals surface area contributed by atoms with E-state index in [1.54, 1.807) is 0 Å². The number of hydrogen-bond donors (Lipinski definition) is 0. The van der Waals surface area contributed by atoms with Crippen LogP contribution in [0.1, 0.15) is 32.2 Å². The van der Waals surface area contributed by atoms with Gasteiger partial charge in [-0.05, 0) is 54.3 Å². The lowest BCUT2D eigenvalue weighted by Crippen LogP contribution is -2.43. The first-order chi connectivity index (χ1) is 17.1. The highest BCUT2D eigenvalue weighted by Crippen LogP contribution is 2.38. The number of pyridine rings is 1. The topological polar surface area (TPSA) is 39.7 Å². The number of allylic oxidation sites excluding steroid dienone is 2. The van der Waals surface area contributed by atoms with Crippen LogP contribution in [-0.2, 0) is 13.0 Å². The molecule has 35 heavy (non-hydrogen) atoms. The van der Waals surface area contributed by atoms with Crippen LogP contribution in [0.25, 0.3) is 16.0 Å². The first-order valence-corrected chi connectivity index (χ1v) is 14.1. The molecule has 0 aromatic carbocycles. The molecule has 1 fully saturated rings. The maximum absolute atomic E-state index is 12.7. The fourth-order valence-corrected chi connectivity index (χ4v) is 6.86. The smallest absolute Gasteiger partial charge is 0.264 e. The fourth-order valence-electron chi connectivity index (χ4n) is 5.14. The van der Waals surface area contributed by atoms with Crippen molar-refractivity contribution in [1.82, 2.24) is 19.7 Å². The molecule has 0 atom stereocenters. The Hall–Kier alpha value is -2.58. The molecule has 3 aliphatic rings. The van der Waals surface area contributed by atoms with Crippen molar-refractivity contribution in [3.63, 3.8) is 0 Å². The maximum atomic E-state index is 12.7. The summed E-state index contributed by atoms with van der Waals surface area (Å²) in [6.45, 7) is 7.06. The van der Waals surface area contributed by atoms with E-state index in [2.05, 4.69) is 47.2 Å². The van der Waals surface area contributed by atoms with E-state index in [1.165, 1.54) is 43.4 Å². The van der Waals surface area contributed by atoms with E-state index < -0.39 is 0 Å². The van der Waals surface area contributed by atoms with E-state index in [1.807, 2.05) is 39.9 Å². The molecule has 0 N–H and O–H groups in total. The van der Waals surface area contributed by atoms with Gasteiger partial charge in [0.05, 0.1) is 10.6 Å². The summed E-state index contributed by atoms with van der Waals surface area (Å²) in [4.78, 5) is 28.0. The number of carbonyl (C=O) groups excluding carboxylic acids is 1. The van der Waals surface area contributed by atoms with Gasteiger partial charge in [-0.3, -0.25) is 14.7 Å². The molecule has 1 amide bonds. The lowest BCUT2D eigenvalue weighted by atomic mass is 9.95. The molecule has 5 nitrogen and oxygen atoms in total. The minimum Gasteiger partial charge on any atom is -0.334 e. The quantitative estimate of drug-likeness (QED) is 0.491. The number of piperazine rings is 1. The molecule has 1 saturated heterocycles. The Morgan fingerprint density at radius 3 is 2.74 bits per heavy atom. The molecular weight excluding hydrogens is 472 g/mol. The molecular formula is C28H30N4OS2. The average Bonchev–Trinajstić information content (AvgIpc) is 3.66. The molecule has 0 radical (unpaired) electrons. The van der Waals surface area contributed by atoms with Crippen molar-refractivity contribution in [1.29, 1.82) is 0 Å². The second-order valence-electron chi connectivity index (χ2n) is 9.59. The molecule has 0 unspecified atom stereocenters. The zero-order valence-electron chi connectivity index (χ0n) is 20.1. The van der Waals surface area contributed by atoms with Crippen LogP contribution in [0.3, 0.4) is 0 Å². The number of carbonyl (C=O) groups is 1. The van der Waals surface area contributed by atoms with Crippen molar-refractivity contribution in [2.24, 2.45) is 0 Å². The monoisotopic (exact) mass is 502 g/mol. The van der Waals surface area contributed by atoms with Gasteiger partial charge in [-0.25, -0.2) is 0 Å². The molecule has 2 aliphatic heterocycles. The van der Waals surface area contributed by atoms with Gasteiger partial charge in [0.1, 0.15) is 0 Å². The minimum atomic E-state index is 0.144. The summed E-state index contributed by atoms with van der Waals surface area (Å²) in [5.74, 6) is 0.144. The van der Waals surface area contributed by atoms with Crippen LogP contribution in [0.2, 0.25) is 0 Å². The van der Waals surface area contributed by atoms with Crippen molar-refractivity contribution in [3.8, 4) is 10.4 Å². The Kier molecular flexibility index (Phi) is 6.41. The van der Waals surface area contributed by atoms with E-state index in [0.29, 0.717) is 6.54 Å². The Morgan fingerprint density at radius 1 is 1.09 bits per heavy atom. The molecule has 3 aromatic heterocycles. The molecule has 5 heterocycles. The van der Waals surface area contributed by atoms with Crippen molar-refractivity contribution >= 4 is 34.2 Å². The van der Waals surface area contributed by atoms with Gasteiger partial charge in [0.25, 0.3) is 5.91 Å². The number of amides is 1. The first kappa shape index (κ1) is 22.9. The van der Waals surface area contributed by atoms with Crippen molar-refractivity contribution in [2.45, 2.75) is 19.4 Å². The van der Waals surface area contributed by atoms with Crippen LogP contribution < -0.4 is 0 Å². The van der Waals surface area contributed by atoms with Gasteiger partial charge in [0.15, 0.2) is 0 Å². The molecule has 1 aliphatic carbocycles. The van der Waals surface area contributed by atoms with Crippen molar-refractivity contribution in [2.75, 3.05) is 46.3 Å². The molecule has 0 bridgehead atoms. The summed E-state index contributed by atoms with van der Waals surface area (Å²) in [7, 11) is 2.20. The van der Waals surface area contributed by atoms with Gasteiger partial charge >= 0.3 is 0 Å². The number of likely N-dealkylation sites (N-methyl/N-ethyl adjacent to an activating group) is 1. The van der Waals surface area contributed by atoms with Crippen molar-refractivity contribution in [3.05, 3.63) is 80.6 Å². The average molecular weight is 503 g/mol. The third-order valence-electron chi connectivity index (χ3n) is 7.26. The summed E-state index contributed by atoms with van der Waals surface area (Å²) in [6, 6.07) is 10.7. The fraction of sp³-hybridized carbons (Fsp3) is 0.357. The minimum absolute atomic E-state index is 0.144. The van der Waals surface area contributed by atoms with Gasteiger partial charge in [0, 0.05) is 79.3 Å². The van der Waals surface area contributed by atoms with E-state index >= 15 is 0 Å². The molecule has 3 aromatic rings. The Balaban J connectivity index is 1.16. The number of hydrogen-bond acceptors (Lipinski definition) is 6. The Labute approximate surface area is 215 Å². The lowest BCUT2D eigenvalue weighted by Gasteiger charge is -2.31. The second-order valence-corrected chi connectivity index (χ2v) is 11.7. The van der Waals surface area contributed by atoms with Crippen LogP contribution in [0.4, 0.5) is 0 Å². The highest BCUT2D eigenvalue weighted by atomic mass is 32.1. The summed E-state index contributed by atoms with van der Waals surface area (Å²) < 4.78 is 0. The summed E-state index contributed by atoms with van der Waals surface area (Å²) in [5, 5.41) is 1.96. The first-order valence-electron chi connectivity index (χ1n) is 12.4. The predicted octanol–water partition coefficient (Wildman–Crippen LogP) is 5.03. The Bertz CT molecular complexity index is 1280. The third-order valence-corrected chi connectivity index (χ3v) is 9.23. The van der Waals surface area contributed by atoms with Crippen LogP contribution >= 0.6 is 22.7 Å². The van der Waals surface area contributed by atoms with Crippen molar-refractivity contribution < 1.29 is 4.79 Å². The van der Waals surface area contributed by atoms with Crippen LogP contribution in [0.15, 0.2) is 59.6 Å². The lowest BCUT2D eigenvalue weighted by molar-refractivity contribution is 0.0774. The highest BCUT2D eigenvalue weighted by molar-refractivity contribution is 7.15. The standard InChI is InChI=1S/C28H30N4OS2/c1-30-12-14-31(15-13-30)19-22-4-7-26(35-22)21-17-24-23(5-6-25(24)29-18-21)20-8-10-32(11-9-20)28(33)27-3-2-16-34-27/h2-5,7-8,16-18H,6,9-15,19H2,1H3. The number of rotatable bonds is 5. The number of nitrogens with zero attached hydrogens (tertiary/aromatic N) is 4. The predicted molar refractivity (Wildman–Crippen MR) is 145 cm³/mol. The molecule has 180 valence electrons. The summed E-state index contributed by atoms with van der Waals surface area (Å²) >= 11 is 3.41. The molecule has 0 saturated carbocycles. The van der Waals surface area contributed by atoms with Gasteiger partial charge < -0.3 is 9.80 Å². The van der Waals surface area contributed by atoms with Gasteiger partial charge in [0.2, 0.25) is 0 Å². The SMILES string of the molecule is CN1CCN(Cc2ccc(-c3cnc4c(c3)C(C3=CCN(C(=O)c5cccs5)CC3)=CC4)s2)CC1. The number of thiophene rings is 2. The highest BCUT2D eigenvalue weighted by Gasteiger charge is 2.25. The zero-order chi connectivity index (χ0) is 23.8. The number of fused-ring (bicyclic) bond motifs is 1. The van der Waals surface area contributed by atoms with E-state index in [9.17, 15) is 4.79 Å². The Morgan fingerprint density at radius 2 is 1.97 bits per heavy atom. The van der Waals surface area contributed by atoms with Gasteiger partial charge in [-0.1, -0.05) is 18.2 Å². The molecule has 6 rings (SSSR count). The largest absolute Gasteiger partial charge is 0.334 e. The van der Waals surface area contributed by atoms with E-state index in [4.69, 9.17) is 4.98 Å². The van der Waals surface area contributed by atoms with Crippen LogP contribution in [0, 0.1) is 0 Å².